The van der Waals surface area contributed by atoms with E-state index in [1.807, 2.05) is 0 Å². The van der Waals surface area contributed by atoms with E-state index in [0.717, 1.165) is 24.4 Å². The van der Waals surface area contributed by atoms with Gasteiger partial charge in [0.25, 0.3) is 0 Å². The minimum absolute atomic E-state index is 0.0159. The molecule has 0 fully saturated rings. The molecule has 11 heavy (non-hydrogen) atoms. The molecule has 2 heterocycles. The van der Waals surface area contributed by atoms with Gasteiger partial charge in [0.2, 0.25) is 5.76 Å². The first kappa shape index (κ1) is 6.27. The molecule has 0 bridgehead atoms. The lowest BCUT2D eigenvalue weighted by atomic mass is 10.3. The number of anilines is 1. The first-order valence-corrected chi connectivity index (χ1v) is 3.37. The van der Waals surface area contributed by atoms with Crippen molar-refractivity contribution in [2.24, 2.45) is 0 Å². The fourth-order valence-electron chi connectivity index (χ4n) is 1.18. The van der Waals surface area contributed by atoms with Gasteiger partial charge in [-0.1, -0.05) is 0 Å². The molecule has 1 aromatic heterocycles. The Labute approximate surface area is 62.8 Å². The number of carboxylic acid groups (broad SMARTS) is 1. The number of aromatic carboxylic acids is 1. The largest absolute Gasteiger partial charge is 0.475 e. The lowest BCUT2D eigenvalue weighted by molar-refractivity contribution is 0.0660. The molecular formula is C7H7NO3. The zero-order valence-corrected chi connectivity index (χ0v) is 5.76. The highest BCUT2D eigenvalue weighted by molar-refractivity contribution is 5.86. The number of rotatable bonds is 1. The van der Waals surface area contributed by atoms with Gasteiger partial charge in [0, 0.05) is 19.0 Å². The van der Waals surface area contributed by atoms with E-state index in [9.17, 15) is 4.79 Å². The molecule has 0 amide bonds. The Morgan fingerprint density at radius 1 is 1.73 bits per heavy atom. The average Bonchev–Trinajstić information content (AvgIpc) is 2.40. The van der Waals surface area contributed by atoms with Gasteiger partial charge in [0.05, 0.1) is 5.69 Å². The lowest BCUT2D eigenvalue weighted by Crippen LogP contribution is -1.96. The van der Waals surface area contributed by atoms with E-state index in [4.69, 9.17) is 9.52 Å². The van der Waals surface area contributed by atoms with Crippen molar-refractivity contribution in [3.63, 3.8) is 0 Å². The highest BCUT2D eigenvalue weighted by atomic mass is 16.4. The van der Waals surface area contributed by atoms with Crippen LogP contribution in [0.3, 0.4) is 0 Å². The van der Waals surface area contributed by atoms with E-state index in [-0.39, 0.29) is 5.76 Å². The minimum atomic E-state index is -1.01. The maximum atomic E-state index is 10.4. The van der Waals surface area contributed by atoms with E-state index in [2.05, 4.69) is 5.32 Å². The van der Waals surface area contributed by atoms with Crippen molar-refractivity contribution in [3.05, 3.63) is 17.6 Å². The molecule has 1 aromatic rings. The summed E-state index contributed by atoms with van der Waals surface area (Å²) in [5.74, 6) is -0.245. The second kappa shape index (κ2) is 2.02. The number of carbonyl (C=O) groups is 1. The molecule has 4 heteroatoms. The van der Waals surface area contributed by atoms with E-state index in [1.165, 1.54) is 6.07 Å². The Kier molecular flexibility index (Phi) is 1.15. The van der Waals surface area contributed by atoms with Gasteiger partial charge < -0.3 is 14.8 Å². The van der Waals surface area contributed by atoms with Crippen molar-refractivity contribution in [3.8, 4) is 0 Å². The molecule has 2 rings (SSSR count). The molecule has 1 aliphatic heterocycles. The highest BCUT2D eigenvalue weighted by Crippen LogP contribution is 2.25. The monoisotopic (exact) mass is 153 g/mol. The first-order chi connectivity index (χ1) is 5.27. The second-order valence-electron chi connectivity index (χ2n) is 2.43. The van der Waals surface area contributed by atoms with Gasteiger partial charge in [-0.25, -0.2) is 4.79 Å². The van der Waals surface area contributed by atoms with Crippen LogP contribution in [0.25, 0.3) is 0 Å². The SMILES string of the molecule is O=C(O)c1cc2c(o1)CCN2. The summed E-state index contributed by atoms with van der Waals surface area (Å²) in [6.07, 6.45) is 0.780. The summed E-state index contributed by atoms with van der Waals surface area (Å²) >= 11 is 0. The van der Waals surface area contributed by atoms with E-state index >= 15 is 0 Å². The van der Waals surface area contributed by atoms with Crippen LogP contribution < -0.4 is 5.32 Å². The predicted octanol–water partition coefficient (Wildman–Crippen LogP) is 0.946. The van der Waals surface area contributed by atoms with Crippen LogP contribution in [-0.2, 0) is 6.42 Å². The Hall–Kier alpha value is -1.45. The summed E-state index contributed by atoms with van der Waals surface area (Å²) in [6.45, 7) is 0.841. The molecule has 0 atom stereocenters. The lowest BCUT2D eigenvalue weighted by Gasteiger charge is -1.87. The number of fused-ring (bicyclic) bond motifs is 1. The Balaban J connectivity index is 2.42. The van der Waals surface area contributed by atoms with Crippen LogP contribution in [0, 0.1) is 0 Å². The number of hydrogen-bond acceptors (Lipinski definition) is 3. The smallest absolute Gasteiger partial charge is 0.371 e. The molecule has 2 N–H and O–H groups in total. The zero-order chi connectivity index (χ0) is 7.84. The molecule has 0 aliphatic carbocycles. The van der Waals surface area contributed by atoms with Crippen molar-refractivity contribution in [1.29, 1.82) is 0 Å². The fourth-order valence-corrected chi connectivity index (χ4v) is 1.18. The molecule has 58 valence electrons. The predicted molar refractivity (Wildman–Crippen MR) is 37.9 cm³/mol. The fraction of sp³-hybridized carbons (Fsp3) is 0.286. The number of hydrogen-bond donors (Lipinski definition) is 2. The van der Waals surface area contributed by atoms with Crippen molar-refractivity contribution in [1.82, 2.24) is 0 Å². The summed E-state index contributed by atoms with van der Waals surface area (Å²) in [5.41, 5.74) is 0.822. The maximum Gasteiger partial charge on any atom is 0.371 e. The molecule has 1 aliphatic rings. The average molecular weight is 153 g/mol. The summed E-state index contributed by atoms with van der Waals surface area (Å²) in [6, 6.07) is 1.52. The summed E-state index contributed by atoms with van der Waals surface area (Å²) in [7, 11) is 0. The van der Waals surface area contributed by atoms with Gasteiger partial charge in [0.1, 0.15) is 5.76 Å². The van der Waals surface area contributed by atoms with Crippen LogP contribution in [0.2, 0.25) is 0 Å². The minimum Gasteiger partial charge on any atom is -0.475 e. The number of carboxylic acids is 1. The molecular weight excluding hydrogens is 146 g/mol. The standard InChI is InChI=1S/C7H7NO3/c9-7(10)6-3-4-5(11-6)1-2-8-4/h3,8H,1-2H2,(H,9,10). The van der Waals surface area contributed by atoms with E-state index < -0.39 is 5.97 Å². The number of nitrogens with one attached hydrogen (secondary N) is 1. The number of furan rings is 1. The first-order valence-electron chi connectivity index (χ1n) is 3.37. The van der Waals surface area contributed by atoms with Crippen LogP contribution >= 0.6 is 0 Å². The van der Waals surface area contributed by atoms with Crippen LogP contribution in [-0.4, -0.2) is 17.6 Å². The summed E-state index contributed by atoms with van der Waals surface area (Å²) < 4.78 is 5.03. The quantitative estimate of drug-likeness (QED) is 0.630. The van der Waals surface area contributed by atoms with Crippen LogP contribution in [0.5, 0.6) is 0 Å². The van der Waals surface area contributed by atoms with Crippen molar-refractivity contribution < 1.29 is 14.3 Å². The summed E-state index contributed by atoms with van der Waals surface area (Å²) in [4.78, 5) is 10.4. The van der Waals surface area contributed by atoms with Gasteiger partial charge >= 0.3 is 5.97 Å². The van der Waals surface area contributed by atoms with Crippen LogP contribution in [0.1, 0.15) is 16.3 Å². The van der Waals surface area contributed by atoms with Gasteiger partial charge in [-0.05, 0) is 0 Å². The van der Waals surface area contributed by atoms with Crippen molar-refractivity contribution in [2.45, 2.75) is 6.42 Å². The Bertz CT molecular complexity index is 281. The molecule has 0 radical (unpaired) electrons. The zero-order valence-electron chi connectivity index (χ0n) is 5.76. The normalized spacial score (nSPS) is 14.2. The molecule has 0 saturated heterocycles. The molecule has 4 nitrogen and oxygen atoms in total. The van der Waals surface area contributed by atoms with E-state index in [0.29, 0.717) is 0 Å². The van der Waals surface area contributed by atoms with Crippen molar-refractivity contribution in [2.75, 3.05) is 11.9 Å². The molecule has 0 saturated carbocycles. The third kappa shape index (κ3) is 0.869. The third-order valence-electron chi connectivity index (χ3n) is 1.69. The molecule has 0 aromatic carbocycles. The van der Waals surface area contributed by atoms with Gasteiger partial charge in [0.15, 0.2) is 0 Å². The van der Waals surface area contributed by atoms with Gasteiger partial charge in [-0.3, -0.25) is 0 Å². The van der Waals surface area contributed by atoms with Gasteiger partial charge in [-0.2, -0.15) is 0 Å². The highest BCUT2D eigenvalue weighted by Gasteiger charge is 2.18. The van der Waals surface area contributed by atoms with Crippen LogP contribution in [0.15, 0.2) is 10.5 Å². The Morgan fingerprint density at radius 2 is 2.55 bits per heavy atom. The molecule has 0 unspecified atom stereocenters. The van der Waals surface area contributed by atoms with E-state index in [1.54, 1.807) is 0 Å². The third-order valence-corrected chi connectivity index (χ3v) is 1.69. The maximum absolute atomic E-state index is 10.4. The second-order valence-corrected chi connectivity index (χ2v) is 2.43. The van der Waals surface area contributed by atoms with Crippen LogP contribution in [0.4, 0.5) is 5.69 Å². The summed E-state index contributed by atoms with van der Waals surface area (Å²) in [5, 5.41) is 11.5. The Morgan fingerprint density at radius 3 is 3.18 bits per heavy atom. The van der Waals surface area contributed by atoms with Gasteiger partial charge in [-0.15, -0.1) is 0 Å². The van der Waals surface area contributed by atoms with Crippen molar-refractivity contribution >= 4 is 11.7 Å². The topological polar surface area (TPSA) is 62.5 Å². The molecule has 0 spiro atoms.